The van der Waals surface area contributed by atoms with Crippen molar-refractivity contribution in [1.29, 1.82) is 0 Å². The summed E-state index contributed by atoms with van der Waals surface area (Å²) >= 11 is 0. The van der Waals surface area contributed by atoms with Crippen molar-refractivity contribution in [2.24, 2.45) is 10.8 Å². The molecule has 0 amide bonds. The molecule has 0 aromatic rings. The predicted molar refractivity (Wildman–Crippen MR) is 239 cm³/mol. The summed E-state index contributed by atoms with van der Waals surface area (Å²) in [5.41, 5.74) is -21.8. The van der Waals surface area contributed by atoms with Crippen LogP contribution >= 0.6 is 0 Å². The third-order valence-electron chi connectivity index (χ3n) is 11.4. The maximum absolute atomic E-state index is 17.4. The molecule has 0 fully saturated rings. The molecule has 0 unspecified atom stereocenters. The molecule has 0 atom stereocenters. The fraction of sp³-hybridized carbons (Fsp3) is 0.609. The molecule has 0 heterocycles. The van der Waals surface area contributed by atoms with Gasteiger partial charge in [0.25, 0.3) is 5.41 Å². The van der Waals surface area contributed by atoms with Gasteiger partial charge in [0.15, 0.2) is 39.6 Å². The largest absolute Gasteiger partial charge is 0.454 e. The van der Waals surface area contributed by atoms with E-state index in [9.17, 15) is 108 Å². The molecule has 0 aliphatic carbocycles. The van der Waals surface area contributed by atoms with Gasteiger partial charge in [0.05, 0.1) is 6.61 Å². The molecule has 19 nitrogen and oxygen atoms in total. The molecule has 632 valence electrons. The Labute approximate surface area is 566 Å². The second kappa shape index (κ2) is 32.3. The highest BCUT2D eigenvalue weighted by molar-refractivity contribution is 5.87. The summed E-state index contributed by atoms with van der Waals surface area (Å²) in [6, 6.07) is 0. The number of halogens is 44. The van der Waals surface area contributed by atoms with Crippen LogP contribution in [-0.4, -0.2) is 197 Å². The topological polar surface area (TPSA) is 222 Å². The van der Waals surface area contributed by atoms with Gasteiger partial charge in [-0.3, -0.25) is 0 Å². The molecule has 0 rings (SSSR count). The molecule has 0 aromatic carbocycles. The Morgan fingerprint density at radius 3 is 0.450 bits per heavy atom. The first-order chi connectivity index (χ1) is 47.7. The van der Waals surface area contributed by atoms with Gasteiger partial charge in [-0.2, -0.15) is 193 Å². The normalized spacial score (nSPS) is 14.6. The minimum atomic E-state index is -11.4. The average Bonchev–Trinajstić information content (AvgIpc) is 0.558. The molecule has 0 saturated carbocycles. The molecule has 0 aliphatic heterocycles. The van der Waals surface area contributed by atoms with Crippen molar-refractivity contribution < 1.29 is 284 Å². The van der Waals surface area contributed by atoms with Crippen LogP contribution in [0.3, 0.4) is 0 Å². The van der Waals surface area contributed by atoms with Crippen LogP contribution < -0.4 is 0 Å². The minimum Gasteiger partial charge on any atom is -0.454 e. The zero-order valence-corrected chi connectivity index (χ0v) is 50.1. The second-order valence-corrected chi connectivity index (χ2v) is 19.4. The van der Waals surface area contributed by atoms with Gasteiger partial charge in [-0.05, 0) is 0 Å². The standard InChI is InChI=1S/C46H26F44O19/c1-14(47)20(91)97-8-27(53,54)37(71,72)104-34(65,66)26(35(67,68)105-38(73,74)28(55,56)9-98-21(92)15(2)48,36(69,70)106-39(75,76)29(57,58)10-99-22(93)16(3)49)7-103-43(83,84)33(44(85,86)107-40(77,78)30(59,60)11-100-23(94)17(4)50,45(87,88)108-41(79,80)31(61,62)12-101-24(95)18(5)51)46(89,90)109-42(81,82)32(63,64)13-102-25(96)19(6)52/h1-13H2. The van der Waals surface area contributed by atoms with E-state index in [0.717, 1.165) is 14.2 Å². The first kappa shape index (κ1) is 101. The maximum Gasteiger partial charge on any atom is 0.427 e. The van der Waals surface area contributed by atoms with Crippen LogP contribution in [0.25, 0.3) is 0 Å². The van der Waals surface area contributed by atoms with Crippen molar-refractivity contribution in [3.05, 3.63) is 74.4 Å². The predicted octanol–water partition coefficient (Wildman–Crippen LogP) is 14.8. The number of ether oxygens (including phenoxy) is 13. The summed E-state index contributed by atoms with van der Waals surface area (Å²) in [6.45, 7) is -23.2. The molecule has 0 spiro atoms. The lowest BCUT2D eigenvalue weighted by Gasteiger charge is -2.52. The van der Waals surface area contributed by atoms with E-state index in [0.29, 0.717) is 0 Å². The van der Waals surface area contributed by atoms with E-state index in [-0.39, 0.29) is 0 Å². The van der Waals surface area contributed by atoms with Crippen molar-refractivity contribution in [1.82, 2.24) is 0 Å². The molecular formula is C46H26F44O19. The Bertz CT molecular complexity index is 3090. The Balaban J connectivity index is 11.3. The third kappa shape index (κ3) is 21.3. The van der Waals surface area contributed by atoms with Gasteiger partial charge in [0, 0.05) is 0 Å². The first-order valence-electron chi connectivity index (χ1n) is 24.8. The molecular weight excluding hydrogens is 1690 g/mol. The number of alkyl halides is 38. The van der Waals surface area contributed by atoms with Crippen LogP contribution in [0.4, 0.5) is 193 Å². The third-order valence-corrected chi connectivity index (χ3v) is 11.4. The van der Waals surface area contributed by atoms with Gasteiger partial charge < -0.3 is 33.2 Å². The van der Waals surface area contributed by atoms with Crippen LogP contribution in [-0.2, 0) is 90.3 Å². The Hall–Kier alpha value is -8.10. The summed E-state index contributed by atoms with van der Waals surface area (Å²) in [5, 5.41) is 0. The summed E-state index contributed by atoms with van der Waals surface area (Å²) in [5.74, 6) is -86.5. The quantitative estimate of drug-likeness (QED) is 0.0239. The average molecular weight is 1720 g/mol. The van der Waals surface area contributed by atoms with Crippen LogP contribution in [0.1, 0.15) is 0 Å². The zero-order chi connectivity index (χ0) is 87.6. The fourth-order valence-corrected chi connectivity index (χ4v) is 5.90. The van der Waals surface area contributed by atoms with Crippen molar-refractivity contribution in [3.63, 3.8) is 0 Å². The van der Waals surface area contributed by atoms with Crippen LogP contribution in [0.5, 0.6) is 0 Å². The monoisotopic (exact) mass is 1720 g/mol. The lowest BCUT2D eigenvalue weighted by atomic mass is 9.79. The summed E-state index contributed by atoms with van der Waals surface area (Å²) in [4.78, 5) is 67.7. The van der Waals surface area contributed by atoms with E-state index < -0.39 is 243 Å². The van der Waals surface area contributed by atoms with Gasteiger partial charge in [-0.1, -0.05) is 39.5 Å². The van der Waals surface area contributed by atoms with Crippen molar-refractivity contribution in [2.75, 3.05) is 46.2 Å². The van der Waals surface area contributed by atoms with E-state index in [1.165, 1.54) is 18.9 Å². The molecule has 0 radical (unpaired) electrons. The molecule has 0 aliphatic rings. The Morgan fingerprint density at radius 1 is 0.193 bits per heavy atom. The molecule has 0 aromatic heterocycles. The number of rotatable bonds is 46. The Morgan fingerprint density at radius 2 is 0.321 bits per heavy atom. The highest BCUT2D eigenvalue weighted by Crippen LogP contribution is 2.72. The fourth-order valence-electron chi connectivity index (χ4n) is 5.90. The highest BCUT2D eigenvalue weighted by Gasteiger charge is 2.99. The lowest BCUT2D eigenvalue weighted by Crippen LogP contribution is -2.78. The zero-order valence-electron chi connectivity index (χ0n) is 50.1. The smallest absolute Gasteiger partial charge is 0.427 e. The number of hydrogen-bond acceptors (Lipinski definition) is 19. The van der Waals surface area contributed by atoms with Gasteiger partial charge >= 0.3 is 156 Å². The number of hydrogen-bond donors (Lipinski definition) is 0. The van der Waals surface area contributed by atoms with Gasteiger partial charge in [0.1, 0.15) is 0 Å². The van der Waals surface area contributed by atoms with Crippen LogP contribution in [0.2, 0.25) is 0 Å². The van der Waals surface area contributed by atoms with Crippen molar-refractivity contribution in [3.8, 4) is 0 Å². The lowest BCUT2D eigenvalue weighted by molar-refractivity contribution is -0.618. The number of esters is 6. The van der Waals surface area contributed by atoms with Crippen LogP contribution in [0.15, 0.2) is 74.4 Å². The number of carbonyl (C=O) groups is 6. The SMILES string of the molecule is C=C(F)C(=O)OCC(F)(F)C(F)(F)OC(F)(F)C(COC(F)(F)C(C(F)(F)OC(F)(F)C(F)(F)COC(=O)C(=C)F)(C(F)(F)OC(F)(F)C(F)(F)COC(=O)C(=C)F)C(F)(F)OC(F)(F)C(F)(F)COC(=O)C(=C)F)(C(F)(F)OC(F)(F)C(F)(F)COC(=O)C(=C)F)C(F)(F)OC(F)(F)C(F)(F)COC(=O)C(=C)F. The summed E-state index contributed by atoms with van der Waals surface area (Å²) < 4.78 is 706. The molecule has 63 heteroatoms. The summed E-state index contributed by atoms with van der Waals surface area (Å²) in [6.07, 6.45) is -128. The molecule has 0 N–H and O–H groups in total. The highest BCUT2D eigenvalue weighted by atomic mass is 19.4. The second-order valence-electron chi connectivity index (χ2n) is 19.4. The van der Waals surface area contributed by atoms with Crippen LogP contribution in [0, 0.1) is 10.8 Å². The van der Waals surface area contributed by atoms with E-state index in [1.807, 2.05) is 0 Å². The van der Waals surface area contributed by atoms with E-state index in [4.69, 9.17) is 0 Å². The van der Waals surface area contributed by atoms with Crippen molar-refractivity contribution in [2.45, 2.75) is 115 Å². The minimum absolute atomic E-state index is 1.15. The maximum atomic E-state index is 17.4. The van der Waals surface area contributed by atoms with Gasteiger partial charge in [-0.15, -0.1) is 0 Å². The summed E-state index contributed by atoms with van der Waals surface area (Å²) in [7, 11) is 0. The van der Waals surface area contributed by atoms with Crippen molar-refractivity contribution >= 4 is 35.8 Å². The first-order valence-corrected chi connectivity index (χ1v) is 24.8. The van der Waals surface area contributed by atoms with Gasteiger partial charge in [0.2, 0.25) is 35.0 Å². The molecule has 0 saturated heterocycles. The molecule has 0 bridgehead atoms. The molecule has 109 heavy (non-hydrogen) atoms. The van der Waals surface area contributed by atoms with Gasteiger partial charge in [-0.25, -0.2) is 57.2 Å². The Kier molecular flexibility index (Phi) is 29.9. The van der Waals surface area contributed by atoms with E-state index >= 15 is 114 Å². The van der Waals surface area contributed by atoms with E-state index in [1.54, 1.807) is 39.5 Å². The van der Waals surface area contributed by atoms with E-state index in [2.05, 4.69) is 28.4 Å². The number of carbonyl (C=O) groups excluding carboxylic acids is 6.